The van der Waals surface area contributed by atoms with E-state index in [1.54, 1.807) is 19.1 Å². The lowest BCUT2D eigenvalue weighted by Crippen LogP contribution is -2.00. The van der Waals surface area contributed by atoms with Gasteiger partial charge in [-0.15, -0.1) is 0 Å². The van der Waals surface area contributed by atoms with Crippen LogP contribution >= 0.6 is 0 Å². The van der Waals surface area contributed by atoms with Crippen molar-refractivity contribution in [1.82, 2.24) is 0 Å². The molecule has 5 heteroatoms. The number of hydrogen-bond donors (Lipinski definition) is 1. The second-order valence-corrected chi connectivity index (χ2v) is 3.97. The lowest BCUT2D eigenvalue weighted by Gasteiger charge is -2.03. The van der Waals surface area contributed by atoms with E-state index < -0.39 is 17.6 Å². The van der Waals surface area contributed by atoms with Crippen molar-refractivity contribution in [2.75, 3.05) is 0 Å². The average Bonchev–Trinajstić information content (AvgIpc) is 2.70. The van der Waals surface area contributed by atoms with Crippen LogP contribution in [0.2, 0.25) is 0 Å². The van der Waals surface area contributed by atoms with Gasteiger partial charge in [0.1, 0.15) is 23.2 Å². The molecule has 0 amide bonds. The quantitative estimate of drug-likeness (QED) is 0.863. The molecule has 0 aliphatic carbocycles. The largest absolute Gasteiger partial charge is 0.478 e. The van der Waals surface area contributed by atoms with Crippen LogP contribution in [0.4, 0.5) is 8.78 Å². The predicted octanol–water partition coefficient (Wildman–Crippen LogP) is 3.49. The van der Waals surface area contributed by atoms with Gasteiger partial charge in [-0.25, -0.2) is 13.6 Å². The van der Waals surface area contributed by atoms with Crippen LogP contribution in [0.3, 0.4) is 0 Å². The van der Waals surface area contributed by atoms with Crippen LogP contribution < -0.4 is 0 Å². The minimum atomic E-state index is -1.29. The van der Waals surface area contributed by atoms with Crippen LogP contribution in [0.5, 0.6) is 0 Å². The number of aliphatic carboxylic acids is 1. The molecule has 2 rings (SSSR count). The van der Waals surface area contributed by atoms with Gasteiger partial charge in [0.15, 0.2) is 0 Å². The summed E-state index contributed by atoms with van der Waals surface area (Å²) in [5, 5.41) is 9.12. The average molecular weight is 264 g/mol. The summed E-state index contributed by atoms with van der Waals surface area (Å²) in [6.45, 7) is 1.71. The number of hydrogen-bond acceptors (Lipinski definition) is 2. The molecule has 0 aliphatic heterocycles. The molecule has 2 aromatic rings. The third kappa shape index (κ3) is 3.07. The van der Waals surface area contributed by atoms with E-state index >= 15 is 0 Å². The summed E-state index contributed by atoms with van der Waals surface area (Å²) >= 11 is 0. The van der Waals surface area contributed by atoms with Crippen molar-refractivity contribution in [2.45, 2.75) is 6.92 Å². The van der Waals surface area contributed by atoms with Gasteiger partial charge in [-0.3, -0.25) is 0 Å². The molecule has 3 nitrogen and oxygen atoms in total. The molecule has 0 bridgehead atoms. The fourth-order valence-corrected chi connectivity index (χ4v) is 1.65. The second-order valence-electron chi connectivity index (χ2n) is 3.97. The molecule has 1 heterocycles. The first-order chi connectivity index (χ1) is 8.95. The lowest BCUT2D eigenvalue weighted by molar-refractivity contribution is -0.130. The standard InChI is InChI=1S/C14H10F2O3/c1-8-2-3-12(19-8)7-13(14(17)18)9-4-10(15)6-11(16)5-9/h2-7H,1H3,(H,17,18). The first-order valence-electron chi connectivity index (χ1n) is 5.43. The van der Waals surface area contributed by atoms with E-state index in [0.29, 0.717) is 17.6 Å². The number of furan rings is 1. The van der Waals surface area contributed by atoms with Gasteiger partial charge in [-0.1, -0.05) is 0 Å². The normalized spacial score (nSPS) is 11.6. The smallest absolute Gasteiger partial charge is 0.336 e. The maximum atomic E-state index is 13.1. The molecule has 1 aromatic carbocycles. The van der Waals surface area contributed by atoms with Crippen LogP contribution in [0.1, 0.15) is 17.1 Å². The van der Waals surface area contributed by atoms with Crippen molar-refractivity contribution >= 4 is 17.6 Å². The van der Waals surface area contributed by atoms with E-state index in [-0.39, 0.29) is 11.1 Å². The molecule has 0 spiro atoms. The van der Waals surface area contributed by atoms with Crippen LogP contribution in [-0.2, 0) is 4.79 Å². The monoisotopic (exact) mass is 264 g/mol. The fourth-order valence-electron chi connectivity index (χ4n) is 1.65. The first-order valence-corrected chi connectivity index (χ1v) is 5.43. The fraction of sp³-hybridized carbons (Fsp3) is 0.0714. The summed E-state index contributed by atoms with van der Waals surface area (Å²) in [6, 6.07) is 5.84. The number of benzene rings is 1. The van der Waals surface area contributed by atoms with Gasteiger partial charge in [-0.2, -0.15) is 0 Å². The Balaban J connectivity index is 2.51. The molecule has 0 saturated carbocycles. The molecule has 0 atom stereocenters. The Morgan fingerprint density at radius 2 is 1.84 bits per heavy atom. The Hall–Kier alpha value is -2.43. The predicted molar refractivity (Wildman–Crippen MR) is 65.3 cm³/mol. The zero-order valence-electron chi connectivity index (χ0n) is 9.98. The lowest BCUT2D eigenvalue weighted by atomic mass is 10.0. The zero-order valence-corrected chi connectivity index (χ0v) is 9.98. The number of carboxylic acid groups (broad SMARTS) is 1. The molecular weight excluding hydrogens is 254 g/mol. The highest BCUT2D eigenvalue weighted by Crippen LogP contribution is 2.21. The molecule has 1 N–H and O–H groups in total. The van der Waals surface area contributed by atoms with E-state index in [1.165, 1.54) is 6.08 Å². The molecule has 0 aliphatic rings. The van der Waals surface area contributed by atoms with Crippen molar-refractivity contribution in [3.05, 3.63) is 59.1 Å². The number of halogens is 2. The van der Waals surface area contributed by atoms with Crippen LogP contribution in [0, 0.1) is 18.6 Å². The number of carbonyl (C=O) groups is 1. The number of rotatable bonds is 3. The summed E-state index contributed by atoms with van der Waals surface area (Å²) < 4.78 is 31.4. The summed E-state index contributed by atoms with van der Waals surface area (Å²) in [7, 11) is 0. The number of carboxylic acids is 1. The van der Waals surface area contributed by atoms with Crippen molar-refractivity contribution < 1.29 is 23.1 Å². The van der Waals surface area contributed by atoms with E-state index in [4.69, 9.17) is 9.52 Å². The molecule has 0 radical (unpaired) electrons. The second kappa shape index (κ2) is 5.06. The molecule has 98 valence electrons. The SMILES string of the molecule is Cc1ccc(C=C(C(=O)O)c2cc(F)cc(F)c2)o1. The van der Waals surface area contributed by atoms with E-state index in [0.717, 1.165) is 12.1 Å². The third-order valence-corrected chi connectivity index (χ3v) is 2.45. The first kappa shape index (κ1) is 13.0. The minimum absolute atomic E-state index is 0.0564. The summed E-state index contributed by atoms with van der Waals surface area (Å²) in [5.41, 5.74) is -0.299. The molecule has 0 fully saturated rings. The number of aryl methyl sites for hydroxylation is 1. The molecular formula is C14H10F2O3. The van der Waals surface area contributed by atoms with Crippen molar-refractivity contribution in [2.24, 2.45) is 0 Å². The van der Waals surface area contributed by atoms with Gasteiger partial charge >= 0.3 is 5.97 Å². The summed E-state index contributed by atoms with van der Waals surface area (Å²) in [5.74, 6) is -2.05. The topological polar surface area (TPSA) is 50.4 Å². The molecule has 1 aromatic heterocycles. The van der Waals surface area contributed by atoms with Crippen molar-refractivity contribution in [3.8, 4) is 0 Å². The zero-order chi connectivity index (χ0) is 14.0. The third-order valence-electron chi connectivity index (χ3n) is 2.45. The van der Waals surface area contributed by atoms with Crippen molar-refractivity contribution in [3.63, 3.8) is 0 Å². The van der Waals surface area contributed by atoms with Crippen LogP contribution in [0.15, 0.2) is 34.7 Å². The highest BCUT2D eigenvalue weighted by Gasteiger charge is 2.14. The van der Waals surface area contributed by atoms with Gasteiger partial charge < -0.3 is 9.52 Å². The highest BCUT2D eigenvalue weighted by molar-refractivity contribution is 6.20. The Morgan fingerprint density at radius 3 is 2.32 bits per heavy atom. The molecule has 0 saturated heterocycles. The summed E-state index contributed by atoms with van der Waals surface area (Å²) in [6.07, 6.45) is 1.23. The Labute approximate surface area is 107 Å². The minimum Gasteiger partial charge on any atom is -0.478 e. The van der Waals surface area contributed by atoms with Gasteiger partial charge in [0.25, 0.3) is 0 Å². The van der Waals surface area contributed by atoms with Gasteiger partial charge in [0.05, 0.1) is 5.57 Å². The molecule has 0 unspecified atom stereocenters. The van der Waals surface area contributed by atoms with Gasteiger partial charge in [-0.05, 0) is 42.8 Å². The Kier molecular flexibility index (Phi) is 3.46. The maximum Gasteiger partial charge on any atom is 0.336 e. The van der Waals surface area contributed by atoms with E-state index in [9.17, 15) is 13.6 Å². The van der Waals surface area contributed by atoms with Crippen LogP contribution in [-0.4, -0.2) is 11.1 Å². The highest BCUT2D eigenvalue weighted by atomic mass is 19.1. The van der Waals surface area contributed by atoms with E-state index in [2.05, 4.69) is 0 Å². The maximum absolute atomic E-state index is 13.1. The Bertz CT molecular complexity index is 636. The van der Waals surface area contributed by atoms with E-state index in [1.807, 2.05) is 0 Å². The Morgan fingerprint density at radius 1 is 1.21 bits per heavy atom. The van der Waals surface area contributed by atoms with Crippen LogP contribution in [0.25, 0.3) is 11.6 Å². The molecule has 19 heavy (non-hydrogen) atoms. The van der Waals surface area contributed by atoms with Crippen molar-refractivity contribution in [1.29, 1.82) is 0 Å². The van der Waals surface area contributed by atoms with Gasteiger partial charge in [0.2, 0.25) is 0 Å². The van der Waals surface area contributed by atoms with Gasteiger partial charge in [0, 0.05) is 6.07 Å². The summed E-state index contributed by atoms with van der Waals surface area (Å²) in [4.78, 5) is 11.2.